The summed E-state index contributed by atoms with van der Waals surface area (Å²) in [7, 11) is 0. The van der Waals surface area contributed by atoms with Gasteiger partial charge in [-0.3, -0.25) is 0 Å². The van der Waals surface area contributed by atoms with Gasteiger partial charge in [-0.2, -0.15) is 0 Å². The lowest BCUT2D eigenvalue weighted by molar-refractivity contribution is 0.491. The van der Waals surface area contributed by atoms with Crippen molar-refractivity contribution in [3.8, 4) is 0 Å². The van der Waals surface area contributed by atoms with Crippen LogP contribution < -0.4 is 5.32 Å². The average Bonchev–Trinajstić information content (AvgIpc) is 2.51. The molecule has 0 heterocycles. The van der Waals surface area contributed by atoms with E-state index in [2.05, 4.69) is 59.4 Å². The Bertz CT molecular complexity index is 347. The Labute approximate surface area is 140 Å². The fraction of sp³-hybridized carbons (Fsp3) is 0.684. The van der Waals surface area contributed by atoms with Crippen molar-refractivity contribution in [1.29, 1.82) is 0 Å². The number of hydrogen-bond acceptors (Lipinski definition) is 1. The molecule has 1 rings (SSSR count). The molecular weight excluding hydrogens is 322 g/mol. The second-order valence-corrected chi connectivity index (χ2v) is 6.86. The second kappa shape index (κ2) is 12.2. The molecule has 1 N–H and O–H groups in total. The van der Waals surface area contributed by atoms with E-state index in [1.54, 1.807) is 0 Å². The van der Waals surface area contributed by atoms with Crippen molar-refractivity contribution in [3.05, 3.63) is 34.3 Å². The summed E-state index contributed by atoms with van der Waals surface area (Å²) in [4.78, 5) is 0. The van der Waals surface area contributed by atoms with Crippen LogP contribution >= 0.6 is 15.9 Å². The van der Waals surface area contributed by atoms with Gasteiger partial charge in [0.05, 0.1) is 0 Å². The molecule has 0 radical (unpaired) electrons. The first-order valence-corrected chi connectivity index (χ1v) is 9.56. The molecule has 1 aromatic rings. The summed E-state index contributed by atoms with van der Waals surface area (Å²) in [5, 5.41) is 3.70. The molecule has 21 heavy (non-hydrogen) atoms. The molecule has 1 nitrogen and oxygen atoms in total. The van der Waals surface area contributed by atoms with Crippen LogP contribution in [0, 0.1) is 0 Å². The highest BCUT2D eigenvalue weighted by Gasteiger charge is 2.07. The lowest BCUT2D eigenvalue weighted by Crippen LogP contribution is -2.21. The predicted octanol–water partition coefficient (Wildman–Crippen LogP) is 6.63. The minimum absolute atomic E-state index is 0.502. The summed E-state index contributed by atoms with van der Waals surface area (Å²) in [6.07, 6.45) is 12.3. The van der Waals surface area contributed by atoms with Crippen LogP contribution in [-0.2, 0) is 0 Å². The van der Waals surface area contributed by atoms with Crippen molar-refractivity contribution in [2.24, 2.45) is 0 Å². The number of hydrogen-bond donors (Lipinski definition) is 1. The largest absolute Gasteiger partial charge is 0.310 e. The molecule has 2 heteroatoms. The van der Waals surface area contributed by atoms with E-state index in [-0.39, 0.29) is 0 Å². The van der Waals surface area contributed by atoms with E-state index >= 15 is 0 Å². The Morgan fingerprint density at radius 3 is 2.00 bits per heavy atom. The highest BCUT2D eigenvalue weighted by molar-refractivity contribution is 9.10. The third-order valence-corrected chi connectivity index (χ3v) is 4.63. The zero-order valence-electron chi connectivity index (χ0n) is 13.8. The van der Waals surface area contributed by atoms with Gasteiger partial charge in [-0.15, -0.1) is 0 Å². The van der Waals surface area contributed by atoms with Crippen molar-refractivity contribution in [2.75, 3.05) is 6.54 Å². The van der Waals surface area contributed by atoms with Gasteiger partial charge in [0.1, 0.15) is 0 Å². The van der Waals surface area contributed by atoms with Crippen molar-refractivity contribution >= 4 is 15.9 Å². The predicted molar refractivity (Wildman–Crippen MR) is 97.8 cm³/mol. The normalized spacial score (nSPS) is 12.5. The van der Waals surface area contributed by atoms with E-state index < -0.39 is 0 Å². The summed E-state index contributed by atoms with van der Waals surface area (Å²) in [5.74, 6) is 0. The van der Waals surface area contributed by atoms with Crippen LogP contribution in [0.2, 0.25) is 0 Å². The van der Waals surface area contributed by atoms with E-state index in [1.807, 2.05) is 0 Å². The van der Waals surface area contributed by atoms with Gasteiger partial charge in [0.25, 0.3) is 0 Å². The molecule has 1 unspecified atom stereocenters. The van der Waals surface area contributed by atoms with Crippen molar-refractivity contribution in [3.63, 3.8) is 0 Å². The Morgan fingerprint density at radius 1 is 0.857 bits per heavy atom. The van der Waals surface area contributed by atoms with Gasteiger partial charge in [0.2, 0.25) is 0 Å². The van der Waals surface area contributed by atoms with Gasteiger partial charge in [0, 0.05) is 10.5 Å². The first-order valence-electron chi connectivity index (χ1n) is 8.76. The quantitative estimate of drug-likeness (QED) is 0.415. The molecule has 0 amide bonds. The molecule has 0 aliphatic rings. The second-order valence-electron chi connectivity index (χ2n) is 5.94. The molecule has 1 atom stereocenters. The number of benzene rings is 1. The van der Waals surface area contributed by atoms with E-state index in [9.17, 15) is 0 Å². The number of unbranched alkanes of at least 4 members (excludes halogenated alkanes) is 7. The standard InChI is InChI=1S/C19H32BrN/c1-3-5-6-7-8-9-10-11-16-21-19(4-2)17-12-14-18(20)15-13-17/h12-15,19,21H,3-11,16H2,1-2H3. The zero-order chi connectivity index (χ0) is 15.3. The van der Waals surface area contributed by atoms with Gasteiger partial charge >= 0.3 is 0 Å². The molecule has 120 valence electrons. The van der Waals surface area contributed by atoms with E-state index in [4.69, 9.17) is 0 Å². The Morgan fingerprint density at radius 2 is 1.43 bits per heavy atom. The average molecular weight is 354 g/mol. The molecule has 0 bridgehead atoms. The summed E-state index contributed by atoms with van der Waals surface area (Å²) in [5.41, 5.74) is 1.40. The first-order chi connectivity index (χ1) is 10.3. The molecule has 0 fully saturated rings. The number of nitrogens with one attached hydrogen (secondary N) is 1. The van der Waals surface area contributed by atoms with Crippen molar-refractivity contribution < 1.29 is 0 Å². The summed E-state index contributed by atoms with van der Waals surface area (Å²) in [6, 6.07) is 9.21. The molecule has 1 aromatic carbocycles. The number of halogens is 1. The Balaban J connectivity index is 2.08. The fourth-order valence-electron chi connectivity index (χ4n) is 2.73. The molecule has 0 spiro atoms. The number of rotatable bonds is 12. The maximum atomic E-state index is 3.70. The highest BCUT2D eigenvalue weighted by atomic mass is 79.9. The maximum absolute atomic E-state index is 3.70. The van der Waals surface area contributed by atoms with E-state index in [1.165, 1.54) is 56.9 Å². The SMILES string of the molecule is CCCCCCCCCCNC(CC)c1ccc(Br)cc1. The maximum Gasteiger partial charge on any atom is 0.0317 e. The summed E-state index contributed by atoms with van der Waals surface area (Å²) >= 11 is 3.50. The minimum atomic E-state index is 0.502. The van der Waals surface area contributed by atoms with Crippen LogP contribution in [0.4, 0.5) is 0 Å². The fourth-order valence-corrected chi connectivity index (χ4v) is 2.99. The van der Waals surface area contributed by atoms with Gasteiger partial charge in [-0.1, -0.05) is 86.9 Å². The molecule has 0 aliphatic carbocycles. The smallest absolute Gasteiger partial charge is 0.0317 e. The van der Waals surface area contributed by atoms with Crippen LogP contribution in [0.25, 0.3) is 0 Å². The molecule has 0 saturated carbocycles. The van der Waals surface area contributed by atoms with Crippen LogP contribution in [0.3, 0.4) is 0 Å². The van der Waals surface area contributed by atoms with Gasteiger partial charge in [-0.05, 0) is 37.1 Å². The highest BCUT2D eigenvalue weighted by Crippen LogP contribution is 2.19. The lowest BCUT2D eigenvalue weighted by atomic mass is 10.0. The van der Waals surface area contributed by atoms with Crippen LogP contribution in [-0.4, -0.2) is 6.54 Å². The van der Waals surface area contributed by atoms with Crippen molar-refractivity contribution in [2.45, 2.75) is 77.7 Å². The van der Waals surface area contributed by atoms with Crippen LogP contribution in [0.5, 0.6) is 0 Å². The lowest BCUT2D eigenvalue weighted by Gasteiger charge is -2.17. The van der Waals surface area contributed by atoms with Gasteiger partial charge in [0.15, 0.2) is 0 Å². The topological polar surface area (TPSA) is 12.0 Å². The van der Waals surface area contributed by atoms with E-state index in [0.29, 0.717) is 6.04 Å². The molecule has 0 saturated heterocycles. The molecule has 0 aromatic heterocycles. The summed E-state index contributed by atoms with van der Waals surface area (Å²) in [6.45, 7) is 5.68. The van der Waals surface area contributed by atoms with Gasteiger partial charge in [-0.25, -0.2) is 0 Å². The molecular formula is C19H32BrN. The van der Waals surface area contributed by atoms with Crippen LogP contribution in [0.15, 0.2) is 28.7 Å². The Hall–Kier alpha value is -0.340. The third-order valence-electron chi connectivity index (χ3n) is 4.10. The van der Waals surface area contributed by atoms with Gasteiger partial charge < -0.3 is 5.32 Å². The van der Waals surface area contributed by atoms with E-state index in [0.717, 1.165) is 17.4 Å². The summed E-state index contributed by atoms with van der Waals surface area (Å²) < 4.78 is 1.16. The zero-order valence-corrected chi connectivity index (χ0v) is 15.4. The third kappa shape index (κ3) is 8.63. The first kappa shape index (κ1) is 18.7. The monoisotopic (exact) mass is 353 g/mol. The minimum Gasteiger partial charge on any atom is -0.310 e. The molecule has 0 aliphatic heterocycles. The van der Waals surface area contributed by atoms with Crippen molar-refractivity contribution in [1.82, 2.24) is 5.32 Å². The van der Waals surface area contributed by atoms with Crippen LogP contribution in [0.1, 0.15) is 83.2 Å². The Kier molecular flexibility index (Phi) is 10.9.